The molecule has 4 aliphatic carbocycles. The number of nitrogens with one attached hydrogen (secondary N) is 1. The van der Waals surface area contributed by atoms with E-state index in [9.17, 15) is 20.1 Å². The van der Waals surface area contributed by atoms with Crippen LogP contribution in [0.3, 0.4) is 0 Å². The third-order valence-electron chi connectivity index (χ3n) is 7.43. The van der Waals surface area contributed by atoms with Gasteiger partial charge in [-0.05, 0) is 67.8 Å². The second-order valence-corrected chi connectivity index (χ2v) is 9.50. The minimum Gasteiger partial charge on any atom is -0.394 e. The van der Waals surface area contributed by atoms with Crippen molar-refractivity contribution in [2.45, 2.75) is 63.1 Å². The number of nitrogens with zero attached hydrogens (tertiary/aromatic N) is 2. The fourth-order valence-electron chi connectivity index (χ4n) is 6.60. The Morgan fingerprint density at radius 2 is 1.79 bits per heavy atom. The molecule has 28 heavy (non-hydrogen) atoms. The molecule has 4 atom stereocenters. The summed E-state index contributed by atoms with van der Waals surface area (Å²) < 4.78 is 6.59. The molecule has 1 aliphatic heterocycles. The average Bonchev–Trinajstić information content (AvgIpc) is 2.94. The summed E-state index contributed by atoms with van der Waals surface area (Å²) in [7, 11) is 0. The summed E-state index contributed by atoms with van der Waals surface area (Å²) in [5.41, 5.74) is -0.209. The number of hydrogen-bond acceptors (Lipinski definition) is 7. The number of rotatable bonds is 5. The smallest absolute Gasteiger partial charge is 0.351 e. The lowest BCUT2D eigenvalue weighted by Crippen LogP contribution is -2.49. The van der Waals surface area contributed by atoms with Crippen LogP contribution in [-0.2, 0) is 4.74 Å². The van der Waals surface area contributed by atoms with E-state index >= 15 is 0 Å². The van der Waals surface area contributed by atoms with Crippen molar-refractivity contribution < 1.29 is 20.1 Å². The summed E-state index contributed by atoms with van der Waals surface area (Å²) in [5.74, 6) is 3.16. The van der Waals surface area contributed by atoms with Crippen molar-refractivity contribution in [3.63, 3.8) is 0 Å². The molecule has 5 fully saturated rings. The Morgan fingerprint density at radius 1 is 1.14 bits per heavy atom. The Bertz CT molecular complexity index is 761. The van der Waals surface area contributed by atoms with Crippen LogP contribution in [0.15, 0.2) is 17.1 Å². The van der Waals surface area contributed by atoms with E-state index in [1.807, 2.05) is 0 Å². The molecule has 2 heterocycles. The molecule has 6 rings (SSSR count). The van der Waals surface area contributed by atoms with Gasteiger partial charge in [0.15, 0.2) is 6.23 Å². The molecule has 0 radical (unpaired) electrons. The molecule has 0 unspecified atom stereocenters. The van der Waals surface area contributed by atoms with E-state index in [-0.39, 0.29) is 0 Å². The van der Waals surface area contributed by atoms with Crippen LogP contribution in [0.5, 0.6) is 0 Å². The van der Waals surface area contributed by atoms with Crippen LogP contribution < -0.4 is 11.0 Å². The van der Waals surface area contributed by atoms with E-state index in [1.165, 1.54) is 49.3 Å². The lowest BCUT2D eigenvalue weighted by Gasteiger charge is -2.57. The predicted molar refractivity (Wildman–Crippen MR) is 101 cm³/mol. The first-order valence-corrected chi connectivity index (χ1v) is 10.4. The van der Waals surface area contributed by atoms with Gasteiger partial charge < -0.3 is 25.4 Å². The van der Waals surface area contributed by atoms with Gasteiger partial charge >= 0.3 is 5.69 Å². The Hall–Kier alpha value is -1.48. The highest BCUT2D eigenvalue weighted by atomic mass is 16.6. The number of aliphatic hydroxyl groups is 3. The second-order valence-electron chi connectivity index (χ2n) is 9.50. The van der Waals surface area contributed by atoms with Crippen molar-refractivity contribution in [3.8, 4) is 0 Å². The first-order chi connectivity index (χ1) is 13.5. The third kappa shape index (κ3) is 3.07. The standard InChI is InChI=1S/C20H29N3O5/c24-9-14-16(25)17(26)18(28-14)23-2-1-15(22-19(23)27)21-10-20-6-11-3-12(7-20)5-13(4-11)8-20/h1-2,11-14,16-18,24-26H,3-10H2,(H,21,22,27)/t11?,12?,13?,14-,16+,17-,18+,20?/m0/s1. The third-order valence-corrected chi connectivity index (χ3v) is 7.43. The maximum atomic E-state index is 12.5. The molecule has 0 amide bonds. The first kappa shape index (κ1) is 18.5. The van der Waals surface area contributed by atoms with Crippen LogP contribution in [0.4, 0.5) is 5.82 Å². The van der Waals surface area contributed by atoms with Gasteiger partial charge in [0.25, 0.3) is 0 Å². The van der Waals surface area contributed by atoms with E-state index in [4.69, 9.17) is 4.74 Å². The highest BCUT2D eigenvalue weighted by Gasteiger charge is 2.50. The summed E-state index contributed by atoms with van der Waals surface area (Å²) in [6.07, 6.45) is 5.08. The van der Waals surface area contributed by atoms with Crippen molar-refractivity contribution in [2.75, 3.05) is 18.5 Å². The fourth-order valence-corrected chi connectivity index (χ4v) is 6.60. The van der Waals surface area contributed by atoms with E-state index in [0.29, 0.717) is 11.2 Å². The molecule has 0 aromatic carbocycles. The minimum atomic E-state index is -1.29. The van der Waals surface area contributed by atoms with Crippen LogP contribution in [0.1, 0.15) is 44.8 Å². The van der Waals surface area contributed by atoms with Gasteiger partial charge in [-0.3, -0.25) is 4.57 Å². The molecular weight excluding hydrogens is 362 g/mol. The molecule has 1 aromatic rings. The van der Waals surface area contributed by atoms with Crippen LogP contribution in [-0.4, -0.2) is 56.3 Å². The van der Waals surface area contributed by atoms with Crippen LogP contribution in [0.2, 0.25) is 0 Å². The highest BCUT2D eigenvalue weighted by Crippen LogP contribution is 2.59. The van der Waals surface area contributed by atoms with Crippen molar-refractivity contribution >= 4 is 5.82 Å². The lowest BCUT2D eigenvalue weighted by molar-refractivity contribution is -0.0549. The maximum Gasteiger partial charge on any atom is 0.351 e. The SMILES string of the molecule is O=c1nc(NCC23CC4CC(CC(C4)C2)C3)ccn1[C@@H]1O[C@@H](CO)[C@@H](O)[C@@H]1O. The van der Waals surface area contributed by atoms with Crippen molar-refractivity contribution in [2.24, 2.45) is 23.2 Å². The van der Waals surface area contributed by atoms with Gasteiger partial charge in [0, 0.05) is 12.7 Å². The number of hydrogen-bond donors (Lipinski definition) is 4. The normalized spacial score (nSPS) is 44.2. The molecule has 8 heteroatoms. The second kappa shape index (κ2) is 6.79. The lowest BCUT2D eigenvalue weighted by atomic mass is 9.49. The zero-order chi connectivity index (χ0) is 19.5. The monoisotopic (exact) mass is 391 g/mol. The van der Waals surface area contributed by atoms with Crippen LogP contribution >= 0.6 is 0 Å². The van der Waals surface area contributed by atoms with Gasteiger partial charge in [-0.2, -0.15) is 4.98 Å². The van der Waals surface area contributed by atoms with Crippen LogP contribution in [0, 0.1) is 23.2 Å². The van der Waals surface area contributed by atoms with E-state index in [1.54, 1.807) is 6.07 Å². The Kier molecular flexibility index (Phi) is 4.50. The zero-order valence-electron chi connectivity index (χ0n) is 15.9. The van der Waals surface area contributed by atoms with E-state index < -0.39 is 36.8 Å². The predicted octanol–water partition coefficient (Wildman–Crippen LogP) is 0.483. The number of ether oxygens (including phenoxy) is 1. The van der Waals surface area contributed by atoms with Gasteiger partial charge in [0.2, 0.25) is 0 Å². The Labute approximate surface area is 163 Å². The number of aromatic nitrogens is 2. The summed E-state index contributed by atoms with van der Waals surface area (Å²) in [4.78, 5) is 16.6. The largest absolute Gasteiger partial charge is 0.394 e. The van der Waals surface area contributed by atoms with Gasteiger partial charge in [-0.1, -0.05) is 0 Å². The van der Waals surface area contributed by atoms with Gasteiger partial charge in [0.1, 0.15) is 24.1 Å². The number of aliphatic hydroxyl groups excluding tert-OH is 3. The zero-order valence-corrected chi connectivity index (χ0v) is 15.9. The molecule has 8 nitrogen and oxygen atoms in total. The van der Waals surface area contributed by atoms with Crippen molar-refractivity contribution in [3.05, 3.63) is 22.7 Å². The van der Waals surface area contributed by atoms with Gasteiger partial charge in [0.05, 0.1) is 6.61 Å². The summed E-state index contributed by atoms with van der Waals surface area (Å²) in [6.45, 7) is 0.419. The van der Waals surface area contributed by atoms with Crippen molar-refractivity contribution in [1.82, 2.24) is 9.55 Å². The molecule has 4 saturated carbocycles. The fraction of sp³-hybridized carbons (Fsp3) is 0.800. The molecule has 1 saturated heterocycles. The quantitative estimate of drug-likeness (QED) is 0.577. The van der Waals surface area contributed by atoms with Crippen LogP contribution in [0.25, 0.3) is 0 Å². The number of anilines is 1. The molecular formula is C20H29N3O5. The average molecular weight is 391 g/mol. The summed E-state index contributed by atoms with van der Waals surface area (Å²) >= 11 is 0. The van der Waals surface area contributed by atoms with E-state index in [2.05, 4.69) is 10.3 Å². The van der Waals surface area contributed by atoms with Crippen molar-refractivity contribution in [1.29, 1.82) is 0 Å². The molecule has 4 N–H and O–H groups in total. The Balaban J connectivity index is 1.28. The van der Waals surface area contributed by atoms with Gasteiger partial charge in [-0.25, -0.2) is 4.79 Å². The van der Waals surface area contributed by atoms with E-state index in [0.717, 1.165) is 24.3 Å². The summed E-state index contributed by atoms with van der Waals surface area (Å²) in [5, 5.41) is 32.6. The first-order valence-electron chi connectivity index (χ1n) is 10.4. The maximum absolute atomic E-state index is 12.5. The highest BCUT2D eigenvalue weighted by molar-refractivity contribution is 5.32. The Morgan fingerprint density at radius 3 is 2.32 bits per heavy atom. The molecule has 0 spiro atoms. The molecule has 1 aromatic heterocycles. The minimum absolute atomic E-state index is 0.342. The molecule has 4 bridgehead atoms. The molecule has 5 aliphatic rings. The van der Waals surface area contributed by atoms with Gasteiger partial charge in [-0.15, -0.1) is 0 Å². The summed E-state index contributed by atoms with van der Waals surface area (Å²) in [6, 6.07) is 1.71. The topological polar surface area (TPSA) is 117 Å². The molecule has 154 valence electrons.